The number of nitrogens with one attached hydrogen (secondary N) is 2. The average molecular weight is 380 g/mol. The number of carbonyl (C=O) groups is 1. The van der Waals surface area contributed by atoms with E-state index >= 15 is 0 Å². The van der Waals surface area contributed by atoms with Crippen LogP contribution >= 0.6 is 11.8 Å². The van der Waals surface area contributed by atoms with Crippen LogP contribution in [0.5, 0.6) is 0 Å². The van der Waals surface area contributed by atoms with Crippen LogP contribution in [0.2, 0.25) is 0 Å². The van der Waals surface area contributed by atoms with Gasteiger partial charge in [0, 0.05) is 24.5 Å². The molecule has 0 radical (unpaired) electrons. The lowest BCUT2D eigenvalue weighted by Crippen LogP contribution is -2.35. The van der Waals surface area contributed by atoms with E-state index in [-0.39, 0.29) is 5.91 Å². The molecule has 0 aliphatic carbocycles. The van der Waals surface area contributed by atoms with Crippen molar-refractivity contribution in [1.29, 1.82) is 0 Å². The molecule has 1 fully saturated rings. The van der Waals surface area contributed by atoms with Gasteiger partial charge in [-0.3, -0.25) is 4.79 Å². The van der Waals surface area contributed by atoms with Gasteiger partial charge in [0.25, 0.3) is 0 Å². The largest absolute Gasteiger partial charge is 0.385 e. The van der Waals surface area contributed by atoms with Gasteiger partial charge < -0.3 is 10.2 Å². The van der Waals surface area contributed by atoms with E-state index in [1.165, 1.54) is 30.3 Å². The van der Waals surface area contributed by atoms with E-state index in [9.17, 15) is 4.79 Å². The average Bonchev–Trinajstić information content (AvgIpc) is 3.40. The van der Waals surface area contributed by atoms with Gasteiger partial charge in [0.2, 0.25) is 12.2 Å². The standard InChI is InChI=1S/C20H21N5OS/c26-19(23-16-8-10-17(11-9-16)24-12-4-5-13-24)14-27-20-21-15-22-25(20)18-6-2-1-3-7-18/h1-3,6-11,15H,4-5,12-14H2,(H,23,26)/p+1. The van der Waals surface area contributed by atoms with E-state index in [1.54, 1.807) is 6.33 Å². The zero-order valence-corrected chi connectivity index (χ0v) is 15.8. The van der Waals surface area contributed by atoms with Gasteiger partial charge in [0.15, 0.2) is 5.69 Å². The molecule has 2 N–H and O–H groups in total. The summed E-state index contributed by atoms with van der Waals surface area (Å²) in [5.41, 5.74) is 3.03. The molecule has 2 heterocycles. The molecule has 0 bridgehead atoms. The lowest BCUT2D eigenvalue weighted by atomic mass is 10.2. The second-order valence-corrected chi connectivity index (χ2v) is 7.36. The lowest BCUT2D eigenvalue weighted by molar-refractivity contribution is -0.694. The number of aromatic amines is 1. The fourth-order valence-electron chi connectivity index (χ4n) is 3.18. The number of nitrogens with zero attached hydrogens (tertiary/aromatic N) is 3. The summed E-state index contributed by atoms with van der Waals surface area (Å²) < 4.78 is 1.86. The summed E-state index contributed by atoms with van der Waals surface area (Å²) in [5, 5.41) is 6.78. The maximum Gasteiger partial charge on any atom is 0.385 e. The molecule has 0 unspecified atom stereocenters. The fourth-order valence-corrected chi connectivity index (χ4v) is 3.92. The van der Waals surface area contributed by atoms with Crippen LogP contribution in [0.3, 0.4) is 0 Å². The zero-order chi connectivity index (χ0) is 18.5. The summed E-state index contributed by atoms with van der Waals surface area (Å²) in [4.78, 5) is 19.0. The van der Waals surface area contributed by atoms with Crippen LogP contribution < -0.4 is 14.9 Å². The predicted octanol–water partition coefficient (Wildman–Crippen LogP) is 3.02. The third-order valence-corrected chi connectivity index (χ3v) is 5.47. The van der Waals surface area contributed by atoms with Crippen LogP contribution in [0.15, 0.2) is 66.1 Å². The fraction of sp³-hybridized carbons (Fsp3) is 0.250. The second-order valence-electron chi connectivity index (χ2n) is 6.42. The van der Waals surface area contributed by atoms with Crippen molar-refractivity contribution in [2.24, 2.45) is 0 Å². The molecule has 1 aliphatic rings. The minimum absolute atomic E-state index is 0.0449. The summed E-state index contributed by atoms with van der Waals surface area (Å²) in [6, 6.07) is 18.0. The van der Waals surface area contributed by atoms with Crippen molar-refractivity contribution in [3.05, 3.63) is 60.9 Å². The maximum absolute atomic E-state index is 12.3. The lowest BCUT2D eigenvalue weighted by Gasteiger charge is -2.17. The Labute approximate surface area is 162 Å². The molecule has 0 atom stereocenters. The van der Waals surface area contributed by atoms with Gasteiger partial charge >= 0.3 is 5.16 Å². The molecular weight excluding hydrogens is 358 g/mol. The van der Waals surface area contributed by atoms with E-state index < -0.39 is 0 Å². The molecule has 6 nitrogen and oxygen atoms in total. The second kappa shape index (κ2) is 8.26. The Morgan fingerprint density at radius 3 is 2.59 bits per heavy atom. The number of aromatic nitrogens is 3. The number of amides is 1. The number of anilines is 2. The molecule has 27 heavy (non-hydrogen) atoms. The number of benzene rings is 2. The first kappa shape index (κ1) is 17.6. The van der Waals surface area contributed by atoms with Crippen molar-refractivity contribution < 1.29 is 9.48 Å². The smallest absolute Gasteiger partial charge is 0.372 e. The Morgan fingerprint density at radius 1 is 1.11 bits per heavy atom. The highest BCUT2D eigenvalue weighted by atomic mass is 32.2. The number of para-hydroxylation sites is 1. The zero-order valence-electron chi connectivity index (χ0n) is 15.0. The molecule has 0 saturated carbocycles. The Hall–Kier alpha value is -2.80. The summed E-state index contributed by atoms with van der Waals surface area (Å²) >= 11 is 1.40. The molecule has 0 spiro atoms. The molecule has 4 rings (SSSR count). The van der Waals surface area contributed by atoms with Crippen LogP contribution in [0.4, 0.5) is 11.4 Å². The molecule has 7 heteroatoms. The van der Waals surface area contributed by atoms with Gasteiger partial charge in [0.1, 0.15) is 0 Å². The van der Waals surface area contributed by atoms with Gasteiger partial charge in [0.05, 0.1) is 5.75 Å². The van der Waals surface area contributed by atoms with Crippen molar-refractivity contribution in [3.63, 3.8) is 0 Å². The monoisotopic (exact) mass is 380 g/mol. The first-order valence-electron chi connectivity index (χ1n) is 9.08. The first-order valence-corrected chi connectivity index (χ1v) is 10.1. The van der Waals surface area contributed by atoms with Gasteiger partial charge in [-0.05, 0) is 66.0 Å². The quantitative estimate of drug-likeness (QED) is 0.510. The Balaban J connectivity index is 1.33. The highest BCUT2D eigenvalue weighted by molar-refractivity contribution is 7.99. The topological polar surface area (TPSA) is 64.9 Å². The van der Waals surface area contributed by atoms with Crippen LogP contribution in [0.1, 0.15) is 12.8 Å². The van der Waals surface area contributed by atoms with E-state index in [4.69, 9.17) is 0 Å². The van der Waals surface area contributed by atoms with Gasteiger partial charge in [-0.2, -0.15) is 5.10 Å². The molecule has 1 saturated heterocycles. The van der Waals surface area contributed by atoms with Crippen LogP contribution in [-0.4, -0.2) is 34.8 Å². The minimum Gasteiger partial charge on any atom is -0.372 e. The van der Waals surface area contributed by atoms with Crippen molar-refractivity contribution in [3.8, 4) is 5.69 Å². The third kappa shape index (κ3) is 4.31. The summed E-state index contributed by atoms with van der Waals surface area (Å²) in [6.45, 7) is 2.24. The van der Waals surface area contributed by atoms with Gasteiger partial charge in [-0.15, -0.1) is 4.68 Å². The third-order valence-electron chi connectivity index (χ3n) is 4.52. The number of thioether (sulfide) groups is 1. The highest BCUT2D eigenvalue weighted by Gasteiger charge is 2.18. The minimum atomic E-state index is -0.0449. The van der Waals surface area contributed by atoms with Crippen molar-refractivity contribution in [2.45, 2.75) is 18.0 Å². The number of hydrogen-bond acceptors (Lipinski definition) is 4. The van der Waals surface area contributed by atoms with E-state index in [1.807, 2.05) is 47.1 Å². The predicted molar refractivity (Wildman–Crippen MR) is 107 cm³/mol. The van der Waals surface area contributed by atoms with Crippen LogP contribution in [0.25, 0.3) is 5.69 Å². The van der Waals surface area contributed by atoms with E-state index in [2.05, 4.69) is 32.4 Å². The summed E-state index contributed by atoms with van der Waals surface area (Å²) in [6.07, 6.45) is 4.14. The highest BCUT2D eigenvalue weighted by Crippen LogP contribution is 2.22. The van der Waals surface area contributed by atoms with Gasteiger partial charge in [-0.25, -0.2) is 0 Å². The molecule has 138 valence electrons. The van der Waals surface area contributed by atoms with Crippen molar-refractivity contribution >= 4 is 29.0 Å². The normalized spacial score (nSPS) is 13.7. The molecule has 1 aromatic heterocycles. The Bertz CT molecular complexity index is 888. The van der Waals surface area contributed by atoms with Crippen LogP contribution in [0, 0.1) is 0 Å². The molecule has 1 amide bonds. The Kier molecular flexibility index (Phi) is 5.39. The maximum atomic E-state index is 12.3. The number of hydrogen-bond donors (Lipinski definition) is 2. The number of H-pyrrole nitrogens is 1. The Morgan fingerprint density at radius 2 is 1.85 bits per heavy atom. The SMILES string of the molecule is O=C(CSc1nc[nH][n+]1-c1ccccc1)Nc1ccc(N2CCCC2)cc1. The molecular formula is C20H22N5OS+. The van der Waals surface area contributed by atoms with Gasteiger partial charge in [-0.1, -0.05) is 18.2 Å². The number of carbonyl (C=O) groups excluding carboxylic acids is 1. The van der Waals surface area contributed by atoms with Crippen molar-refractivity contribution in [2.75, 3.05) is 29.1 Å². The van der Waals surface area contributed by atoms with E-state index in [0.717, 1.165) is 29.6 Å². The molecule has 2 aromatic carbocycles. The van der Waals surface area contributed by atoms with Crippen molar-refractivity contribution in [1.82, 2.24) is 10.1 Å². The van der Waals surface area contributed by atoms with Crippen LogP contribution in [-0.2, 0) is 4.79 Å². The number of rotatable bonds is 6. The first-order chi connectivity index (χ1) is 13.3. The summed E-state index contributed by atoms with van der Waals surface area (Å²) in [7, 11) is 0. The molecule has 1 aliphatic heterocycles. The summed E-state index contributed by atoms with van der Waals surface area (Å²) in [5.74, 6) is 0.252. The molecule has 3 aromatic rings. The van der Waals surface area contributed by atoms with E-state index in [0.29, 0.717) is 5.75 Å².